The fourth-order valence-electron chi connectivity index (χ4n) is 2.54. The number of anilines is 1. The van der Waals surface area contributed by atoms with E-state index in [0.717, 1.165) is 37.4 Å². The first-order valence-corrected chi connectivity index (χ1v) is 7.72. The number of piperazine rings is 1. The Bertz CT molecular complexity index is 517. The minimum absolute atomic E-state index is 0.0334. The molecule has 0 unspecified atom stereocenters. The molecule has 0 bridgehead atoms. The smallest absolute Gasteiger partial charge is 0.321 e. The van der Waals surface area contributed by atoms with Crippen LogP contribution in [-0.4, -0.2) is 47.5 Å². The number of rotatable bonds is 1. The summed E-state index contributed by atoms with van der Waals surface area (Å²) in [5.41, 5.74) is 1.96. The highest BCUT2D eigenvalue weighted by Gasteiger charge is 2.27. The molecule has 2 amide bonds. The van der Waals surface area contributed by atoms with Gasteiger partial charge in [-0.25, -0.2) is 4.79 Å². The van der Waals surface area contributed by atoms with Crippen LogP contribution >= 0.6 is 11.6 Å². The molecule has 2 rings (SSSR count). The molecule has 0 aliphatic carbocycles. The summed E-state index contributed by atoms with van der Waals surface area (Å²) in [6, 6.07) is 5.46. The van der Waals surface area contributed by atoms with Crippen LogP contribution in [0.25, 0.3) is 0 Å². The van der Waals surface area contributed by atoms with Gasteiger partial charge in [-0.15, -0.1) is 0 Å². The van der Waals surface area contributed by atoms with Crippen LogP contribution in [0, 0.1) is 6.92 Å². The molecule has 1 heterocycles. The van der Waals surface area contributed by atoms with E-state index >= 15 is 0 Å². The Kier molecular flexibility index (Phi) is 4.79. The Labute approximate surface area is 132 Å². The van der Waals surface area contributed by atoms with Crippen molar-refractivity contribution in [2.75, 3.05) is 31.5 Å². The van der Waals surface area contributed by atoms with E-state index in [1.807, 2.05) is 24.0 Å². The third-order valence-electron chi connectivity index (χ3n) is 3.95. The number of hydrogen-bond donors (Lipinski definition) is 1. The number of nitrogens with zero attached hydrogens (tertiary/aromatic N) is 2. The zero-order valence-corrected chi connectivity index (χ0v) is 14.0. The number of hydrogen-bond acceptors (Lipinski definition) is 2. The zero-order chi connectivity index (χ0) is 15.6. The van der Waals surface area contributed by atoms with E-state index in [1.54, 1.807) is 6.07 Å². The van der Waals surface area contributed by atoms with E-state index in [9.17, 15) is 4.79 Å². The number of benzene rings is 1. The normalized spacial score (nSPS) is 16.9. The first kappa shape index (κ1) is 16.1. The Balaban J connectivity index is 1.93. The van der Waals surface area contributed by atoms with Crippen molar-refractivity contribution in [3.63, 3.8) is 0 Å². The van der Waals surface area contributed by atoms with Gasteiger partial charge in [0.25, 0.3) is 0 Å². The molecule has 0 radical (unpaired) electrons. The molecule has 0 atom stereocenters. The summed E-state index contributed by atoms with van der Waals surface area (Å²) in [5.74, 6) is 0. The summed E-state index contributed by atoms with van der Waals surface area (Å²) in [4.78, 5) is 16.6. The van der Waals surface area contributed by atoms with E-state index in [1.165, 1.54) is 0 Å². The van der Waals surface area contributed by atoms with Crippen LogP contribution in [0.3, 0.4) is 0 Å². The van der Waals surface area contributed by atoms with E-state index in [-0.39, 0.29) is 11.6 Å². The molecule has 1 N–H and O–H groups in total. The maximum atomic E-state index is 12.3. The Morgan fingerprint density at radius 1 is 1.19 bits per heavy atom. The molecular weight excluding hydrogens is 286 g/mol. The van der Waals surface area contributed by atoms with E-state index in [2.05, 4.69) is 31.0 Å². The van der Waals surface area contributed by atoms with Crippen molar-refractivity contribution in [3.8, 4) is 0 Å². The van der Waals surface area contributed by atoms with Gasteiger partial charge in [0, 0.05) is 42.4 Å². The lowest BCUT2D eigenvalue weighted by atomic mass is 10.1. The van der Waals surface area contributed by atoms with Gasteiger partial charge in [0.1, 0.15) is 0 Å². The van der Waals surface area contributed by atoms with Gasteiger partial charge in [-0.05, 0) is 51.5 Å². The molecule has 5 heteroatoms. The molecule has 0 saturated carbocycles. The highest BCUT2D eigenvalue weighted by Crippen LogP contribution is 2.21. The van der Waals surface area contributed by atoms with E-state index in [0.29, 0.717) is 5.02 Å². The lowest BCUT2D eigenvalue weighted by Gasteiger charge is -2.42. The highest BCUT2D eigenvalue weighted by molar-refractivity contribution is 6.30. The minimum atomic E-state index is -0.0334. The molecule has 116 valence electrons. The fourth-order valence-corrected chi connectivity index (χ4v) is 2.77. The van der Waals surface area contributed by atoms with Gasteiger partial charge in [-0.1, -0.05) is 11.6 Å². The Morgan fingerprint density at radius 2 is 1.81 bits per heavy atom. The van der Waals surface area contributed by atoms with Gasteiger partial charge in [0.05, 0.1) is 0 Å². The van der Waals surface area contributed by atoms with Crippen molar-refractivity contribution >= 4 is 23.3 Å². The van der Waals surface area contributed by atoms with Gasteiger partial charge >= 0.3 is 6.03 Å². The van der Waals surface area contributed by atoms with Gasteiger partial charge in [0.15, 0.2) is 0 Å². The van der Waals surface area contributed by atoms with Crippen molar-refractivity contribution in [2.45, 2.75) is 33.2 Å². The second-order valence-corrected chi connectivity index (χ2v) is 6.97. The molecule has 1 fully saturated rings. The summed E-state index contributed by atoms with van der Waals surface area (Å²) in [6.07, 6.45) is 0. The van der Waals surface area contributed by atoms with Gasteiger partial charge in [-0.2, -0.15) is 0 Å². The second kappa shape index (κ2) is 6.24. The van der Waals surface area contributed by atoms with E-state index < -0.39 is 0 Å². The van der Waals surface area contributed by atoms with Crippen LogP contribution in [0.5, 0.6) is 0 Å². The monoisotopic (exact) mass is 309 g/mol. The number of urea groups is 1. The summed E-state index contributed by atoms with van der Waals surface area (Å²) in [7, 11) is 0. The maximum absolute atomic E-state index is 12.3. The lowest BCUT2D eigenvalue weighted by Crippen LogP contribution is -2.55. The Hall–Kier alpha value is -1.26. The number of aryl methyl sites for hydroxylation is 1. The molecule has 0 aromatic heterocycles. The van der Waals surface area contributed by atoms with Gasteiger partial charge < -0.3 is 10.2 Å². The van der Waals surface area contributed by atoms with Crippen molar-refractivity contribution in [1.29, 1.82) is 0 Å². The first-order chi connectivity index (χ1) is 9.77. The summed E-state index contributed by atoms with van der Waals surface area (Å²) >= 11 is 5.93. The largest absolute Gasteiger partial charge is 0.322 e. The molecular formula is C16H24ClN3O. The van der Waals surface area contributed by atoms with Crippen LogP contribution in [0.4, 0.5) is 10.5 Å². The van der Waals surface area contributed by atoms with Gasteiger partial charge in [0.2, 0.25) is 0 Å². The van der Waals surface area contributed by atoms with Crippen molar-refractivity contribution < 1.29 is 4.79 Å². The molecule has 1 aliphatic heterocycles. The number of carbonyl (C=O) groups is 1. The molecule has 21 heavy (non-hydrogen) atoms. The topological polar surface area (TPSA) is 35.6 Å². The average Bonchev–Trinajstić information content (AvgIpc) is 2.41. The molecule has 1 aromatic rings. The number of amides is 2. The third kappa shape index (κ3) is 4.11. The maximum Gasteiger partial charge on any atom is 0.321 e. The minimum Gasteiger partial charge on any atom is -0.322 e. The van der Waals surface area contributed by atoms with E-state index in [4.69, 9.17) is 11.6 Å². The molecule has 4 nitrogen and oxygen atoms in total. The quantitative estimate of drug-likeness (QED) is 0.860. The third-order valence-corrected chi connectivity index (χ3v) is 4.18. The molecule has 1 aliphatic rings. The zero-order valence-electron chi connectivity index (χ0n) is 13.2. The SMILES string of the molecule is Cc1cc(Cl)ccc1NC(=O)N1CCN(C(C)(C)C)CC1. The average molecular weight is 310 g/mol. The van der Waals surface area contributed by atoms with Gasteiger partial charge in [-0.3, -0.25) is 4.90 Å². The van der Waals surface area contributed by atoms with Crippen LogP contribution in [0.15, 0.2) is 18.2 Å². The van der Waals surface area contributed by atoms with Crippen molar-refractivity contribution in [1.82, 2.24) is 9.80 Å². The predicted octanol–water partition coefficient (Wildman–Crippen LogP) is 3.60. The molecule has 1 aromatic carbocycles. The standard InChI is InChI=1S/C16H24ClN3O/c1-12-11-13(17)5-6-14(12)18-15(21)19-7-9-20(10-8-19)16(2,3)4/h5-6,11H,7-10H2,1-4H3,(H,18,21). The summed E-state index contributed by atoms with van der Waals surface area (Å²) in [6.45, 7) is 11.9. The fraction of sp³-hybridized carbons (Fsp3) is 0.562. The van der Waals surface area contributed by atoms with Crippen LogP contribution < -0.4 is 5.32 Å². The highest BCUT2D eigenvalue weighted by atomic mass is 35.5. The van der Waals surface area contributed by atoms with Crippen LogP contribution in [-0.2, 0) is 0 Å². The number of nitrogens with one attached hydrogen (secondary N) is 1. The lowest BCUT2D eigenvalue weighted by molar-refractivity contribution is 0.0774. The number of carbonyl (C=O) groups excluding carboxylic acids is 1. The molecule has 0 spiro atoms. The Morgan fingerprint density at radius 3 is 2.33 bits per heavy atom. The number of halogens is 1. The van der Waals surface area contributed by atoms with Crippen molar-refractivity contribution in [3.05, 3.63) is 28.8 Å². The van der Waals surface area contributed by atoms with Crippen LogP contribution in [0.1, 0.15) is 26.3 Å². The summed E-state index contributed by atoms with van der Waals surface area (Å²) < 4.78 is 0. The molecule has 1 saturated heterocycles. The summed E-state index contributed by atoms with van der Waals surface area (Å²) in [5, 5.41) is 3.66. The van der Waals surface area contributed by atoms with Crippen LogP contribution in [0.2, 0.25) is 5.02 Å². The predicted molar refractivity (Wildman–Crippen MR) is 88.1 cm³/mol. The second-order valence-electron chi connectivity index (χ2n) is 6.53. The van der Waals surface area contributed by atoms with Crippen molar-refractivity contribution in [2.24, 2.45) is 0 Å². The first-order valence-electron chi connectivity index (χ1n) is 7.34.